The molecule has 2 heterocycles. The molecule has 0 aromatic heterocycles. The summed E-state index contributed by atoms with van der Waals surface area (Å²) >= 11 is 6.13. The highest BCUT2D eigenvalue weighted by atomic mass is 127. The number of aliphatic imine (C=N–C) groups is 1. The Morgan fingerprint density at radius 3 is 2.90 bits per heavy atom. The number of ether oxygens (including phenoxy) is 1. The summed E-state index contributed by atoms with van der Waals surface area (Å²) in [6.07, 6.45) is 2.06. The second-order valence-corrected chi connectivity index (χ2v) is 8.06. The molecule has 0 bridgehead atoms. The normalized spacial score (nSPS) is 21.6. The maximum absolute atomic E-state index is 11.9. The van der Waals surface area contributed by atoms with E-state index < -0.39 is 0 Å². The summed E-state index contributed by atoms with van der Waals surface area (Å²) in [4.78, 5) is 20.3. The lowest BCUT2D eigenvalue weighted by Crippen LogP contribution is -2.46. The van der Waals surface area contributed by atoms with Crippen molar-refractivity contribution in [3.63, 3.8) is 0 Å². The summed E-state index contributed by atoms with van der Waals surface area (Å²) in [6, 6.07) is 8.20. The molecule has 0 spiro atoms. The first-order valence-corrected chi connectivity index (χ1v) is 10.2. The molecule has 2 atom stereocenters. The van der Waals surface area contributed by atoms with E-state index in [1.54, 1.807) is 19.0 Å². The van der Waals surface area contributed by atoms with Crippen LogP contribution in [0.3, 0.4) is 0 Å². The maximum atomic E-state index is 11.9. The molecule has 3 rings (SSSR count). The van der Waals surface area contributed by atoms with Gasteiger partial charge in [0.25, 0.3) is 0 Å². The smallest absolute Gasteiger partial charge is 0.243 e. The number of nitrogens with zero attached hydrogens (tertiary/aromatic N) is 3. The Morgan fingerprint density at radius 1 is 1.38 bits per heavy atom. The number of likely N-dealkylation sites (N-methyl/N-ethyl adjacent to an activating group) is 1. The van der Waals surface area contributed by atoms with Crippen LogP contribution in [0.1, 0.15) is 12.8 Å². The van der Waals surface area contributed by atoms with Gasteiger partial charge in [0.1, 0.15) is 6.54 Å². The fourth-order valence-corrected chi connectivity index (χ4v) is 3.59. The second-order valence-electron chi connectivity index (χ2n) is 7.62. The van der Waals surface area contributed by atoms with Gasteiger partial charge in [-0.3, -0.25) is 4.79 Å². The molecule has 7 nitrogen and oxygen atoms in total. The molecular weight excluding hydrogens is 505 g/mol. The number of carbonyl (C=O) groups excluding carboxylic acids is 1. The van der Waals surface area contributed by atoms with Gasteiger partial charge in [-0.1, -0.05) is 17.7 Å². The van der Waals surface area contributed by atoms with Gasteiger partial charge in [0.15, 0.2) is 5.96 Å². The predicted octanol–water partition coefficient (Wildman–Crippen LogP) is 2.20. The quantitative estimate of drug-likeness (QED) is 0.332. The molecule has 1 amide bonds. The van der Waals surface area contributed by atoms with Crippen LogP contribution in [-0.4, -0.2) is 76.3 Å². The Bertz CT molecular complexity index is 697. The summed E-state index contributed by atoms with van der Waals surface area (Å²) in [5, 5.41) is 7.65. The number of benzene rings is 1. The van der Waals surface area contributed by atoms with Crippen LogP contribution in [0.25, 0.3) is 0 Å². The van der Waals surface area contributed by atoms with Gasteiger partial charge in [-0.25, -0.2) is 4.99 Å². The topological polar surface area (TPSA) is 69.2 Å². The molecule has 2 aliphatic heterocycles. The molecule has 0 saturated carbocycles. The van der Waals surface area contributed by atoms with Crippen molar-refractivity contribution in [1.82, 2.24) is 15.5 Å². The van der Waals surface area contributed by atoms with Gasteiger partial charge < -0.3 is 25.2 Å². The molecule has 1 aromatic rings. The van der Waals surface area contributed by atoms with Crippen molar-refractivity contribution in [3.05, 3.63) is 29.3 Å². The summed E-state index contributed by atoms with van der Waals surface area (Å²) in [5.41, 5.74) is 1.13. The van der Waals surface area contributed by atoms with Crippen molar-refractivity contribution in [3.8, 4) is 0 Å². The van der Waals surface area contributed by atoms with Crippen LogP contribution in [0.5, 0.6) is 0 Å². The monoisotopic (exact) mass is 535 g/mol. The van der Waals surface area contributed by atoms with E-state index in [0.717, 1.165) is 56.4 Å². The lowest BCUT2D eigenvalue weighted by atomic mass is 10.1. The van der Waals surface area contributed by atoms with Crippen molar-refractivity contribution >= 4 is 53.1 Å². The molecule has 2 unspecified atom stereocenters. The Labute approximate surface area is 195 Å². The average Bonchev–Trinajstić information content (AvgIpc) is 3.35. The summed E-state index contributed by atoms with van der Waals surface area (Å²) in [7, 11) is 3.49. The predicted molar refractivity (Wildman–Crippen MR) is 129 cm³/mol. The van der Waals surface area contributed by atoms with Crippen molar-refractivity contribution in [2.24, 2.45) is 10.9 Å². The second kappa shape index (κ2) is 11.8. The first-order chi connectivity index (χ1) is 13.5. The number of rotatable bonds is 6. The van der Waals surface area contributed by atoms with Crippen molar-refractivity contribution < 1.29 is 9.53 Å². The van der Waals surface area contributed by atoms with Crippen LogP contribution in [-0.2, 0) is 9.53 Å². The van der Waals surface area contributed by atoms with Crippen LogP contribution in [0.4, 0.5) is 5.69 Å². The first-order valence-electron chi connectivity index (χ1n) is 9.84. The van der Waals surface area contributed by atoms with Crippen molar-refractivity contribution in [2.45, 2.75) is 18.9 Å². The number of nitrogens with one attached hydrogen (secondary N) is 2. The Kier molecular flexibility index (Phi) is 9.78. The lowest BCUT2D eigenvalue weighted by molar-refractivity contribution is -0.127. The minimum atomic E-state index is -0.0164. The Morgan fingerprint density at radius 2 is 2.21 bits per heavy atom. The van der Waals surface area contributed by atoms with Gasteiger partial charge in [0.05, 0.1) is 6.61 Å². The number of carbonyl (C=O) groups is 1. The van der Waals surface area contributed by atoms with Gasteiger partial charge in [-0.15, -0.1) is 24.0 Å². The molecule has 2 aliphatic rings. The minimum absolute atomic E-state index is 0. The summed E-state index contributed by atoms with van der Waals surface area (Å²) in [6.45, 7) is 4.36. The molecule has 29 heavy (non-hydrogen) atoms. The third-order valence-electron chi connectivity index (χ3n) is 5.16. The highest BCUT2D eigenvalue weighted by Crippen LogP contribution is 2.23. The average molecular weight is 536 g/mol. The highest BCUT2D eigenvalue weighted by molar-refractivity contribution is 14.0. The molecule has 162 valence electrons. The number of halogens is 2. The van der Waals surface area contributed by atoms with Gasteiger partial charge in [0, 0.05) is 63.0 Å². The molecule has 9 heteroatoms. The fraction of sp³-hybridized carbons (Fsp3) is 0.600. The molecule has 1 aromatic carbocycles. The minimum Gasteiger partial charge on any atom is -0.381 e. The number of hydrogen-bond donors (Lipinski definition) is 2. The van der Waals surface area contributed by atoms with Crippen molar-refractivity contribution in [1.29, 1.82) is 0 Å². The van der Waals surface area contributed by atoms with E-state index in [2.05, 4.69) is 26.6 Å². The Hall–Kier alpha value is -1.26. The van der Waals surface area contributed by atoms with Gasteiger partial charge in [-0.05, 0) is 31.0 Å². The van der Waals surface area contributed by atoms with E-state index in [4.69, 9.17) is 16.3 Å². The third-order valence-corrected chi connectivity index (χ3v) is 5.39. The van der Waals surface area contributed by atoms with E-state index in [1.807, 2.05) is 18.2 Å². The van der Waals surface area contributed by atoms with Crippen molar-refractivity contribution in [2.75, 3.05) is 58.4 Å². The highest BCUT2D eigenvalue weighted by Gasteiger charge is 2.24. The maximum Gasteiger partial charge on any atom is 0.243 e. The zero-order chi connectivity index (χ0) is 19.9. The van der Waals surface area contributed by atoms with E-state index in [0.29, 0.717) is 11.9 Å². The van der Waals surface area contributed by atoms with Gasteiger partial charge in [-0.2, -0.15) is 0 Å². The summed E-state index contributed by atoms with van der Waals surface area (Å²) < 4.78 is 5.45. The molecule has 0 aliphatic carbocycles. The largest absolute Gasteiger partial charge is 0.381 e. The number of anilines is 1. The Balaban J connectivity index is 0.00000300. The zero-order valence-corrected chi connectivity index (χ0v) is 20.2. The van der Waals surface area contributed by atoms with Crippen LogP contribution in [0.2, 0.25) is 5.02 Å². The molecule has 2 N–H and O–H groups in total. The van der Waals surface area contributed by atoms with Crippen LogP contribution >= 0.6 is 35.6 Å². The standard InChI is InChI=1S/C20H30ClN5O2.HI/c1-25(2)19(27)12-23-20(22-11-15-7-9-28-14-15)24-17-6-8-26(13-17)18-5-3-4-16(21)10-18;/h3-5,10,15,17H,6-9,11-14H2,1-2H3,(H2,22,23,24);1H. The van der Waals surface area contributed by atoms with Crippen LogP contribution in [0.15, 0.2) is 29.3 Å². The van der Waals surface area contributed by atoms with E-state index in [9.17, 15) is 4.79 Å². The first kappa shape index (κ1) is 24.0. The molecule has 0 radical (unpaired) electrons. The van der Waals surface area contributed by atoms with Gasteiger partial charge >= 0.3 is 0 Å². The third kappa shape index (κ3) is 7.49. The number of amides is 1. The van der Waals surface area contributed by atoms with Crippen LogP contribution in [0, 0.1) is 5.92 Å². The SMILES string of the molecule is CN(C)C(=O)CN=C(NCC1CCOC1)NC1CCN(c2cccc(Cl)c2)C1.I. The fourth-order valence-electron chi connectivity index (χ4n) is 3.40. The lowest BCUT2D eigenvalue weighted by Gasteiger charge is -2.21. The number of hydrogen-bond acceptors (Lipinski definition) is 4. The summed E-state index contributed by atoms with van der Waals surface area (Å²) in [5.74, 6) is 1.17. The van der Waals surface area contributed by atoms with E-state index in [1.165, 1.54) is 0 Å². The molecule has 2 saturated heterocycles. The number of guanidine groups is 1. The van der Waals surface area contributed by atoms with E-state index in [-0.39, 0.29) is 42.5 Å². The van der Waals surface area contributed by atoms with E-state index >= 15 is 0 Å². The molecule has 2 fully saturated rings. The van der Waals surface area contributed by atoms with Gasteiger partial charge in [0.2, 0.25) is 5.91 Å². The molecular formula is C20H31ClIN5O2. The zero-order valence-electron chi connectivity index (χ0n) is 17.1. The van der Waals surface area contributed by atoms with Crippen LogP contribution < -0.4 is 15.5 Å².